The van der Waals surface area contributed by atoms with Gasteiger partial charge in [-0.15, -0.1) is 0 Å². The van der Waals surface area contributed by atoms with Crippen molar-refractivity contribution >= 4 is 0 Å². The number of likely N-dealkylation sites (tertiary alicyclic amines) is 1. The molecule has 4 heterocycles. The summed E-state index contributed by atoms with van der Waals surface area (Å²) in [6.45, 7) is 12.1. The Balaban J connectivity index is 1.77. The molecule has 4 rings (SSSR count). The average Bonchev–Trinajstić information content (AvgIpc) is 2.80. The Hall–Kier alpha value is -0.120. The highest BCUT2D eigenvalue weighted by Gasteiger charge is 2.51. The first kappa shape index (κ1) is 13.8. The van der Waals surface area contributed by atoms with Gasteiger partial charge in [0.05, 0.1) is 0 Å². The summed E-state index contributed by atoms with van der Waals surface area (Å²) >= 11 is 0. The zero-order valence-electron chi connectivity index (χ0n) is 12.9. The monoisotopic (exact) mass is 265 g/mol. The number of hydrogen-bond donors (Lipinski definition) is 1. The largest absolute Gasteiger partial charge is 0.327 e. The molecule has 4 fully saturated rings. The molecule has 0 aromatic heterocycles. The van der Waals surface area contributed by atoms with Gasteiger partial charge in [-0.1, -0.05) is 20.8 Å². The third kappa shape index (κ3) is 2.34. The van der Waals surface area contributed by atoms with E-state index < -0.39 is 0 Å². The molecule has 4 aliphatic rings. The Labute approximate surface area is 118 Å². The summed E-state index contributed by atoms with van der Waals surface area (Å²) in [6, 6.07) is 1.90. The van der Waals surface area contributed by atoms with E-state index in [9.17, 15) is 0 Å². The topological polar surface area (TPSA) is 32.5 Å². The van der Waals surface area contributed by atoms with Gasteiger partial charge < -0.3 is 5.73 Å². The number of likely N-dealkylation sites (N-methyl/N-ethyl adjacent to an activating group) is 1. The summed E-state index contributed by atoms with van der Waals surface area (Å²) in [6.07, 6.45) is 4.08. The first-order valence-electron chi connectivity index (χ1n) is 8.35. The van der Waals surface area contributed by atoms with Crippen LogP contribution in [0.2, 0.25) is 0 Å². The van der Waals surface area contributed by atoms with Gasteiger partial charge in [-0.05, 0) is 56.7 Å². The van der Waals surface area contributed by atoms with Crippen LogP contribution in [0.1, 0.15) is 40.0 Å². The van der Waals surface area contributed by atoms with Crippen LogP contribution in [-0.2, 0) is 0 Å². The van der Waals surface area contributed by atoms with Crippen LogP contribution < -0.4 is 5.73 Å². The molecule has 0 aromatic carbocycles. The first-order chi connectivity index (χ1) is 9.11. The number of nitrogens with zero attached hydrogens (tertiary/aromatic N) is 2. The summed E-state index contributed by atoms with van der Waals surface area (Å²) in [5.41, 5.74) is 6.39. The van der Waals surface area contributed by atoms with Crippen molar-refractivity contribution in [1.29, 1.82) is 0 Å². The summed E-state index contributed by atoms with van der Waals surface area (Å²) in [4.78, 5) is 5.52. The molecule has 0 aromatic rings. The standard InChI is InChI=1S/C16H31N3/c1-4-18-10-13-12-5-7-19(8-6-12)16(13)15(18)9-14(17)11(2)3/h11-16H,4-10,17H2,1-3H3. The third-order valence-corrected chi connectivity index (χ3v) is 6.12. The third-order valence-electron chi connectivity index (χ3n) is 6.12. The molecule has 19 heavy (non-hydrogen) atoms. The van der Waals surface area contributed by atoms with Crippen LogP contribution in [0.5, 0.6) is 0 Å². The summed E-state index contributed by atoms with van der Waals surface area (Å²) < 4.78 is 0. The number of hydrogen-bond acceptors (Lipinski definition) is 3. The minimum atomic E-state index is 0.361. The van der Waals surface area contributed by atoms with Crippen molar-refractivity contribution in [2.45, 2.75) is 58.2 Å². The number of fused-ring (bicyclic) bond motifs is 2. The van der Waals surface area contributed by atoms with Crippen molar-refractivity contribution in [3.8, 4) is 0 Å². The molecular weight excluding hydrogens is 234 g/mol. The van der Waals surface area contributed by atoms with Crippen LogP contribution in [0, 0.1) is 17.8 Å². The molecule has 0 amide bonds. The second kappa shape index (κ2) is 5.34. The zero-order chi connectivity index (χ0) is 13.6. The lowest BCUT2D eigenvalue weighted by atomic mass is 9.73. The first-order valence-corrected chi connectivity index (χ1v) is 8.35. The predicted octanol–water partition coefficient (Wildman–Crippen LogP) is 1.77. The Morgan fingerprint density at radius 3 is 2.47 bits per heavy atom. The van der Waals surface area contributed by atoms with Crippen LogP contribution in [0.25, 0.3) is 0 Å². The molecule has 3 nitrogen and oxygen atoms in total. The van der Waals surface area contributed by atoms with E-state index in [0.717, 1.165) is 23.9 Å². The van der Waals surface area contributed by atoms with Gasteiger partial charge in [-0.25, -0.2) is 0 Å². The molecule has 4 aliphatic heterocycles. The van der Waals surface area contributed by atoms with E-state index in [1.165, 1.54) is 45.4 Å². The van der Waals surface area contributed by atoms with Gasteiger partial charge >= 0.3 is 0 Å². The fourth-order valence-corrected chi connectivity index (χ4v) is 4.81. The van der Waals surface area contributed by atoms with Gasteiger partial charge in [0.15, 0.2) is 0 Å². The Bertz CT molecular complexity index is 309. The Morgan fingerprint density at radius 2 is 1.89 bits per heavy atom. The highest BCUT2D eigenvalue weighted by Crippen LogP contribution is 2.44. The van der Waals surface area contributed by atoms with E-state index >= 15 is 0 Å². The van der Waals surface area contributed by atoms with Crippen LogP contribution >= 0.6 is 0 Å². The van der Waals surface area contributed by atoms with Crippen molar-refractivity contribution in [3.05, 3.63) is 0 Å². The normalized spacial score (nSPS) is 43.7. The molecule has 0 saturated carbocycles. The van der Waals surface area contributed by atoms with Gasteiger partial charge in [-0.2, -0.15) is 0 Å². The van der Waals surface area contributed by atoms with E-state index in [4.69, 9.17) is 5.73 Å². The molecule has 2 bridgehead atoms. The fourth-order valence-electron chi connectivity index (χ4n) is 4.81. The highest BCUT2D eigenvalue weighted by atomic mass is 15.3. The predicted molar refractivity (Wildman–Crippen MR) is 80.0 cm³/mol. The second-order valence-electron chi connectivity index (χ2n) is 7.33. The van der Waals surface area contributed by atoms with Gasteiger partial charge in [-0.3, -0.25) is 9.80 Å². The van der Waals surface area contributed by atoms with E-state index in [1.54, 1.807) is 0 Å². The van der Waals surface area contributed by atoms with Crippen molar-refractivity contribution in [2.75, 3.05) is 26.2 Å². The Morgan fingerprint density at radius 1 is 1.21 bits per heavy atom. The quantitative estimate of drug-likeness (QED) is 0.841. The maximum absolute atomic E-state index is 6.39. The maximum atomic E-state index is 6.39. The van der Waals surface area contributed by atoms with E-state index in [-0.39, 0.29) is 0 Å². The van der Waals surface area contributed by atoms with Gasteiger partial charge in [0.1, 0.15) is 0 Å². The molecule has 3 heteroatoms. The van der Waals surface area contributed by atoms with E-state index in [0.29, 0.717) is 12.0 Å². The van der Waals surface area contributed by atoms with Gasteiger partial charge in [0.25, 0.3) is 0 Å². The SMILES string of the molecule is CCN1CC2C3CCN(CC3)C2C1CC(N)C(C)C. The minimum Gasteiger partial charge on any atom is -0.327 e. The minimum absolute atomic E-state index is 0.361. The molecule has 0 spiro atoms. The number of rotatable bonds is 4. The van der Waals surface area contributed by atoms with Crippen LogP contribution in [-0.4, -0.2) is 54.1 Å². The van der Waals surface area contributed by atoms with Gasteiger partial charge in [0, 0.05) is 24.7 Å². The molecule has 2 N–H and O–H groups in total. The van der Waals surface area contributed by atoms with Crippen LogP contribution in [0.15, 0.2) is 0 Å². The highest BCUT2D eigenvalue weighted by molar-refractivity contribution is 5.07. The summed E-state index contributed by atoms with van der Waals surface area (Å²) in [5, 5.41) is 0. The number of piperidine rings is 3. The molecule has 0 aliphatic carbocycles. The number of nitrogens with two attached hydrogens (primary N) is 1. The molecule has 4 atom stereocenters. The maximum Gasteiger partial charge on any atom is 0.0295 e. The molecular formula is C16H31N3. The van der Waals surface area contributed by atoms with Crippen molar-refractivity contribution in [1.82, 2.24) is 9.80 Å². The molecule has 4 saturated heterocycles. The summed E-state index contributed by atoms with van der Waals surface area (Å²) in [5.74, 6) is 2.55. The lowest BCUT2D eigenvalue weighted by molar-refractivity contribution is 0.000900. The van der Waals surface area contributed by atoms with Crippen LogP contribution in [0.4, 0.5) is 0 Å². The van der Waals surface area contributed by atoms with E-state index in [2.05, 4.69) is 30.6 Å². The summed E-state index contributed by atoms with van der Waals surface area (Å²) in [7, 11) is 0. The van der Waals surface area contributed by atoms with E-state index in [1.807, 2.05) is 0 Å². The zero-order valence-corrected chi connectivity index (χ0v) is 12.9. The molecule has 110 valence electrons. The molecule has 0 radical (unpaired) electrons. The molecule has 4 unspecified atom stereocenters. The lowest BCUT2D eigenvalue weighted by Crippen LogP contribution is -2.58. The van der Waals surface area contributed by atoms with Crippen molar-refractivity contribution in [2.24, 2.45) is 23.5 Å². The van der Waals surface area contributed by atoms with Crippen LogP contribution in [0.3, 0.4) is 0 Å². The smallest absolute Gasteiger partial charge is 0.0295 e. The second-order valence-corrected chi connectivity index (χ2v) is 7.33. The van der Waals surface area contributed by atoms with Gasteiger partial charge in [0.2, 0.25) is 0 Å². The fraction of sp³-hybridized carbons (Fsp3) is 1.00. The van der Waals surface area contributed by atoms with Crippen molar-refractivity contribution in [3.63, 3.8) is 0 Å². The average molecular weight is 265 g/mol. The van der Waals surface area contributed by atoms with Crippen molar-refractivity contribution < 1.29 is 0 Å². The Kier molecular flexibility index (Phi) is 3.89. The lowest BCUT2D eigenvalue weighted by Gasteiger charge is -2.50.